The molecule has 2 amide bonds. The van der Waals surface area contributed by atoms with Gasteiger partial charge >= 0.3 is 0 Å². The molecule has 0 bridgehead atoms. The van der Waals surface area contributed by atoms with Crippen LogP contribution in [0.2, 0.25) is 0 Å². The van der Waals surface area contributed by atoms with Crippen LogP contribution in [-0.2, 0) is 16.0 Å². The molecule has 2 aromatic rings. The third-order valence-corrected chi connectivity index (χ3v) is 4.83. The van der Waals surface area contributed by atoms with E-state index in [1.54, 1.807) is 12.2 Å². The van der Waals surface area contributed by atoms with Gasteiger partial charge in [0.05, 0.1) is 25.2 Å². The van der Waals surface area contributed by atoms with E-state index in [9.17, 15) is 19.1 Å². The number of hydrogen-bond donors (Lipinski definition) is 3. The minimum Gasteiger partial charge on any atom is -0.394 e. The smallest absolute Gasteiger partial charge is 0.251 e. The summed E-state index contributed by atoms with van der Waals surface area (Å²) in [5.74, 6) is -0.972. The van der Waals surface area contributed by atoms with E-state index in [2.05, 4.69) is 10.6 Å². The third-order valence-electron chi connectivity index (χ3n) is 4.83. The average molecular weight is 412 g/mol. The lowest BCUT2D eigenvalue weighted by Crippen LogP contribution is -2.49. The molecule has 7 heteroatoms. The van der Waals surface area contributed by atoms with Gasteiger partial charge in [-0.3, -0.25) is 9.59 Å². The zero-order chi connectivity index (χ0) is 21.3. The van der Waals surface area contributed by atoms with E-state index >= 15 is 0 Å². The summed E-state index contributed by atoms with van der Waals surface area (Å²) in [4.78, 5) is 24.5. The largest absolute Gasteiger partial charge is 0.394 e. The van der Waals surface area contributed by atoms with Crippen molar-refractivity contribution in [3.05, 3.63) is 83.7 Å². The average Bonchev–Trinajstić information content (AvgIpc) is 2.76. The molecule has 0 unspecified atom stereocenters. The lowest BCUT2D eigenvalue weighted by Gasteiger charge is -2.31. The minimum absolute atomic E-state index is 0.125. The Morgan fingerprint density at radius 2 is 1.77 bits per heavy atom. The Balaban J connectivity index is 1.48. The molecule has 1 aliphatic rings. The number of benzene rings is 2. The van der Waals surface area contributed by atoms with E-state index in [0.717, 1.165) is 12.0 Å². The van der Waals surface area contributed by atoms with Crippen LogP contribution in [0.3, 0.4) is 0 Å². The minimum atomic E-state index is -0.679. The van der Waals surface area contributed by atoms with E-state index < -0.39 is 30.0 Å². The molecule has 3 N–H and O–H groups in total. The lowest BCUT2D eigenvalue weighted by molar-refractivity contribution is -0.125. The fraction of sp³-hybridized carbons (Fsp3) is 0.304. The summed E-state index contributed by atoms with van der Waals surface area (Å²) in [5.41, 5.74) is 1.45. The van der Waals surface area contributed by atoms with Crippen molar-refractivity contribution in [2.24, 2.45) is 0 Å². The van der Waals surface area contributed by atoms with E-state index in [-0.39, 0.29) is 18.9 Å². The molecular weight excluding hydrogens is 387 g/mol. The van der Waals surface area contributed by atoms with Crippen LogP contribution < -0.4 is 10.6 Å². The van der Waals surface area contributed by atoms with Crippen molar-refractivity contribution in [3.63, 3.8) is 0 Å². The van der Waals surface area contributed by atoms with Crippen LogP contribution in [-0.4, -0.2) is 48.3 Å². The first-order valence-electron chi connectivity index (χ1n) is 9.87. The summed E-state index contributed by atoms with van der Waals surface area (Å²) in [5, 5.41) is 15.3. The first-order valence-corrected chi connectivity index (χ1v) is 9.87. The van der Waals surface area contributed by atoms with Crippen LogP contribution in [0, 0.1) is 5.82 Å². The number of nitrogens with one attached hydrogen (secondary N) is 2. The Labute approximate surface area is 174 Å². The normalized spacial score (nSPS) is 20.5. The van der Waals surface area contributed by atoms with E-state index in [1.165, 1.54) is 24.3 Å². The summed E-state index contributed by atoms with van der Waals surface area (Å²) < 4.78 is 18.8. The predicted molar refractivity (Wildman–Crippen MR) is 110 cm³/mol. The summed E-state index contributed by atoms with van der Waals surface area (Å²) >= 11 is 0. The van der Waals surface area contributed by atoms with Gasteiger partial charge in [-0.1, -0.05) is 42.5 Å². The number of aliphatic hydroxyl groups is 1. The molecule has 0 saturated heterocycles. The van der Waals surface area contributed by atoms with Gasteiger partial charge < -0.3 is 20.5 Å². The summed E-state index contributed by atoms with van der Waals surface area (Å²) in [6.07, 6.45) is 3.12. The monoisotopic (exact) mass is 412 g/mol. The highest BCUT2D eigenvalue weighted by Crippen LogP contribution is 2.16. The van der Waals surface area contributed by atoms with Gasteiger partial charge in [0, 0.05) is 12.1 Å². The van der Waals surface area contributed by atoms with Crippen molar-refractivity contribution in [1.82, 2.24) is 10.6 Å². The van der Waals surface area contributed by atoms with Crippen LogP contribution >= 0.6 is 0 Å². The van der Waals surface area contributed by atoms with Crippen LogP contribution in [0.25, 0.3) is 0 Å². The van der Waals surface area contributed by atoms with Crippen molar-refractivity contribution >= 4 is 11.8 Å². The highest BCUT2D eigenvalue weighted by Gasteiger charge is 2.29. The molecule has 158 valence electrons. The molecule has 0 aromatic heterocycles. The number of hydrogen-bond acceptors (Lipinski definition) is 4. The topological polar surface area (TPSA) is 87.7 Å². The van der Waals surface area contributed by atoms with Gasteiger partial charge in [0.1, 0.15) is 11.9 Å². The Kier molecular flexibility index (Phi) is 7.70. The van der Waals surface area contributed by atoms with Crippen molar-refractivity contribution in [3.8, 4) is 0 Å². The molecule has 1 heterocycles. The Hall–Kier alpha value is -3.03. The SMILES string of the molecule is O=C(C[C@H]1C=C[C@H](NC(=O)c2ccc(F)cc2)[C@@H](CO)O1)NCCc1ccccc1. The molecule has 6 nitrogen and oxygen atoms in total. The standard InChI is InChI=1S/C23H25FN2O4/c24-18-8-6-17(7-9-18)23(29)26-20-11-10-19(30-21(20)15-27)14-22(28)25-13-12-16-4-2-1-3-5-16/h1-11,19-21,27H,12-15H2,(H,25,28)(H,26,29)/t19-,20+,21-/m1/s1. The highest BCUT2D eigenvalue weighted by atomic mass is 19.1. The molecule has 2 aromatic carbocycles. The highest BCUT2D eigenvalue weighted by molar-refractivity contribution is 5.94. The number of ether oxygens (including phenoxy) is 1. The van der Waals surface area contributed by atoms with Crippen molar-refractivity contribution in [2.75, 3.05) is 13.2 Å². The maximum Gasteiger partial charge on any atom is 0.251 e. The van der Waals surface area contributed by atoms with Gasteiger partial charge in [0.25, 0.3) is 5.91 Å². The molecule has 0 spiro atoms. The Morgan fingerprint density at radius 1 is 1.03 bits per heavy atom. The van der Waals surface area contributed by atoms with Gasteiger partial charge in [-0.15, -0.1) is 0 Å². The fourth-order valence-corrected chi connectivity index (χ4v) is 3.22. The quantitative estimate of drug-likeness (QED) is 0.579. The van der Waals surface area contributed by atoms with E-state index in [4.69, 9.17) is 4.74 Å². The van der Waals surface area contributed by atoms with Crippen molar-refractivity contribution < 1.29 is 23.8 Å². The number of rotatable bonds is 8. The van der Waals surface area contributed by atoms with Crippen LogP contribution in [0.4, 0.5) is 4.39 Å². The first kappa shape index (κ1) is 21.7. The molecule has 0 aliphatic carbocycles. The lowest BCUT2D eigenvalue weighted by atomic mass is 10.0. The van der Waals surface area contributed by atoms with Crippen LogP contribution in [0.15, 0.2) is 66.7 Å². The summed E-state index contributed by atoms with van der Waals surface area (Å²) in [6, 6.07) is 14.5. The summed E-state index contributed by atoms with van der Waals surface area (Å²) in [6.45, 7) is 0.212. The van der Waals surface area contributed by atoms with E-state index in [1.807, 2.05) is 30.3 Å². The molecule has 3 rings (SSSR count). The maximum atomic E-state index is 13.0. The first-order chi connectivity index (χ1) is 14.5. The zero-order valence-corrected chi connectivity index (χ0v) is 16.5. The second-order valence-corrected chi connectivity index (χ2v) is 7.08. The fourth-order valence-electron chi connectivity index (χ4n) is 3.22. The predicted octanol–water partition coefficient (Wildman–Crippen LogP) is 1.99. The number of aliphatic hydroxyl groups excluding tert-OH is 1. The molecule has 0 radical (unpaired) electrons. The molecule has 0 fully saturated rings. The van der Waals surface area contributed by atoms with Crippen molar-refractivity contribution in [2.45, 2.75) is 31.1 Å². The van der Waals surface area contributed by atoms with Gasteiger partial charge in [0.15, 0.2) is 0 Å². The number of carbonyl (C=O) groups is 2. The molecule has 30 heavy (non-hydrogen) atoms. The second kappa shape index (κ2) is 10.7. The Bertz CT molecular complexity index is 871. The Morgan fingerprint density at radius 3 is 2.47 bits per heavy atom. The molecule has 1 aliphatic heterocycles. The third kappa shape index (κ3) is 6.23. The number of halogens is 1. The molecule has 0 saturated carbocycles. The maximum absolute atomic E-state index is 13.0. The second-order valence-electron chi connectivity index (χ2n) is 7.08. The molecular formula is C23H25FN2O4. The number of carbonyl (C=O) groups excluding carboxylic acids is 2. The summed E-state index contributed by atoms with van der Waals surface area (Å²) in [7, 11) is 0. The van der Waals surface area contributed by atoms with Crippen molar-refractivity contribution in [1.29, 1.82) is 0 Å². The zero-order valence-electron chi connectivity index (χ0n) is 16.5. The van der Waals surface area contributed by atoms with Gasteiger partial charge in [-0.2, -0.15) is 0 Å². The number of amides is 2. The van der Waals surface area contributed by atoms with Crippen LogP contribution in [0.5, 0.6) is 0 Å². The molecule has 3 atom stereocenters. The van der Waals surface area contributed by atoms with E-state index in [0.29, 0.717) is 12.1 Å². The van der Waals surface area contributed by atoms with Gasteiger partial charge in [-0.05, 0) is 36.2 Å². The van der Waals surface area contributed by atoms with Gasteiger partial charge in [0.2, 0.25) is 5.91 Å². The van der Waals surface area contributed by atoms with Crippen LogP contribution in [0.1, 0.15) is 22.3 Å². The van der Waals surface area contributed by atoms with Gasteiger partial charge in [-0.25, -0.2) is 4.39 Å².